The first-order chi connectivity index (χ1) is 19.2. The van der Waals surface area contributed by atoms with Gasteiger partial charge in [0.25, 0.3) is 0 Å². The van der Waals surface area contributed by atoms with Crippen LogP contribution in [0.4, 0.5) is 23.2 Å². The zero-order chi connectivity index (χ0) is 28.0. The van der Waals surface area contributed by atoms with E-state index in [1.54, 1.807) is 30.3 Å². The minimum absolute atomic E-state index is 0.0625. The lowest BCUT2D eigenvalue weighted by Gasteiger charge is -2.32. The Balaban J connectivity index is 1.67. The third kappa shape index (κ3) is 4.63. The molecule has 6 heterocycles. The zero-order valence-corrected chi connectivity index (χ0v) is 21.8. The van der Waals surface area contributed by atoms with Crippen LogP contribution >= 0.6 is 0 Å². The Morgan fingerprint density at radius 3 is 2.62 bits per heavy atom. The second kappa shape index (κ2) is 10.1. The van der Waals surface area contributed by atoms with E-state index in [1.807, 2.05) is 17.6 Å². The zero-order valence-electron chi connectivity index (χ0n) is 21.8. The molecule has 208 valence electrons. The summed E-state index contributed by atoms with van der Waals surface area (Å²) in [5.74, 6) is -0.531. The van der Waals surface area contributed by atoms with Crippen molar-refractivity contribution in [3.8, 4) is 11.3 Å². The van der Waals surface area contributed by atoms with Crippen LogP contribution in [0.5, 0.6) is 0 Å². The van der Waals surface area contributed by atoms with Crippen LogP contribution in [0.15, 0.2) is 43.0 Å². The minimum Gasteiger partial charge on any atom is -0.381 e. The van der Waals surface area contributed by atoms with Crippen molar-refractivity contribution in [2.24, 2.45) is 13.0 Å². The van der Waals surface area contributed by atoms with Crippen LogP contribution in [0.2, 0.25) is 0 Å². The van der Waals surface area contributed by atoms with Gasteiger partial charge in [0.05, 0.1) is 63.1 Å². The number of aromatic nitrogens is 7. The number of ether oxygens (including phenoxy) is 1. The van der Waals surface area contributed by atoms with E-state index in [1.165, 1.54) is 18.3 Å². The number of pyridine rings is 3. The van der Waals surface area contributed by atoms with Crippen molar-refractivity contribution in [2.45, 2.75) is 32.0 Å². The Labute approximate surface area is 226 Å². The van der Waals surface area contributed by atoms with Crippen LogP contribution in [0.3, 0.4) is 0 Å². The quantitative estimate of drug-likeness (QED) is 0.288. The number of hydrogen-bond donors (Lipinski definition) is 1. The fourth-order valence-corrected chi connectivity index (χ4v) is 5.66. The Hall–Kier alpha value is -4.13. The van der Waals surface area contributed by atoms with Crippen LogP contribution in [-0.4, -0.2) is 60.4 Å². The van der Waals surface area contributed by atoms with E-state index in [0.29, 0.717) is 59.2 Å². The Morgan fingerprint density at radius 2 is 1.93 bits per heavy atom. The smallest absolute Gasteiger partial charge is 0.381 e. The molecule has 0 aliphatic carbocycles. The lowest BCUT2D eigenvalue weighted by molar-refractivity contribution is -0.115. The van der Waals surface area contributed by atoms with Gasteiger partial charge in [0.1, 0.15) is 12.4 Å². The molecule has 40 heavy (non-hydrogen) atoms. The summed E-state index contributed by atoms with van der Waals surface area (Å²) in [6.45, 7) is 1.61. The molecule has 5 aromatic rings. The fraction of sp³-hybridized carbons (Fsp3) is 0.370. The number of halogens is 4. The monoisotopic (exact) mass is 554 g/mol. The van der Waals surface area contributed by atoms with Crippen molar-refractivity contribution in [3.05, 3.63) is 60.2 Å². The van der Waals surface area contributed by atoms with E-state index in [0.717, 1.165) is 5.69 Å². The molecule has 6 rings (SSSR count). The maximum absolute atomic E-state index is 15.4. The maximum Gasteiger partial charge on any atom is 0.405 e. The van der Waals surface area contributed by atoms with Crippen LogP contribution in [0.1, 0.15) is 30.3 Å². The Morgan fingerprint density at radius 1 is 1.12 bits per heavy atom. The number of hydrogen-bond acceptors (Lipinski definition) is 7. The topological polar surface area (TPSA) is 95.6 Å². The van der Waals surface area contributed by atoms with Gasteiger partial charge in [-0.15, -0.1) is 5.10 Å². The second-order valence-corrected chi connectivity index (χ2v) is 9.92. The summed E-state index contributed by atoms with van der Waals surface area (Å²) < 4.78 is 64.2. The van der Waals surface area contributed by atoms with Gasteiger partial charge in [0.2, 0.25) is 0 Å². The molecule has 1 atom stereocenters. The van der Waals surface area contributed by atoms with Crippen LogP contribution in [-0.2, 0) is 11.8 Å². The molecule has 1 N–H and O–H groups in total. The first-order valence-electron chi connectivity index (χ1n) is 12.9. The molecular formula is C27H26F4N8O. The molecule has 0 aromatic carbocycles. The van der Waals surface area contributed by atoms with Gasteiger partial charge >= 0.3 is 6.18 Å². The van der Waals surface area contributed by atoms with Crippen molar-refractivity contribution in [1.29, 1.82) is 0 Å². The summed E-state index contributed by atoms with van der Waals surface area (Å²) in [5, 5.41) is 11.2. The van der Waals surface area contributed by atoms with Crippen LogP contribution in [0, 0.1) is 18.7 Å². The summed E-state index contributed by atoms with van der Waals surface area (Å²) in [5.41, 5.74) is 4.17. The molecule has 1 aliphatic rings. The number of fused-ring (bicyclic) bond motifs is 3. The van der Waals surface area contributed by atoms with Gasteiger partial charge in [-0.1, -0.05) is 5.21 Å². The average Bonchev–Trinajstić information content (AvgIpc) is 3.45. The molecule has 1 saturated heterocycles. The van der Waals surface area contributed by atoms with Crippen LogP contribution in [0.25, 0.3) is 33.2 Å². The number of rotatable bonds is 6. The van der Waals surface area contributed by atoms with Gasteiger partial charge in [-0.05, 0) is 43.9 Å². The van der Waals surface area contributed by atoms with E-state index < -0.39 is 24.6 Å². The molecule has 0 radical (unpaired) electrons. The summed E-state index contributed by atoms with van der Waals surface area (Å²) in [4.78, 5) is 13.5. The summed E-state index contributed by atoms with van der Waals surface area (Å²) in [7, 11) is 1.77. The van der Waals surface area contributed by atoms with Gasteiger partial charge in [0.15, 0.2) is 0 Å². The van der Waals surface area contributed by atoms with Gasteiger partial charge in [0, 0.05) is 38.2 Å². The molecule has 5 aromatic heterocycles. The average molecular weight is 555 g/mol. The number of nitrogens with zero attached hydrogens (tertiary/aromatic N) is 7. The summed E-state index contributed by atoms with van der Waals surface area (Å²) in [6, 6.07) is 4.21. The Bertz CT molecular complexity index is 1670. The molecule has 0 bridgehead atoms. The normalized spacial score (nSPS) is 15.7. The minimum atomic E-state index is -4.44. The molecule has 13 heteroatoms. The van der Waals surface area contributed by atoms with Crippen molar-refractivity contribution < 1.29 is 22.3 Å². The van der Waals surface area contributed by atoms with E-state index in [2.05, 4.69) is 25.6 Å². The molecular weight excluding hydrogens is 528 g/mol. The highest BCUT2D eigenvalue weighted by atomic mass is 19.4. The molecule has 1 aliphatic heterocycles. The van der Waals surface area contributed by atoms with E-state index in [-0.39, 0.29) is 17.3 Å². The third-order valence-corrected chi connectivity index (χ3v) is 7.36. The first-order valence-corrected chi connectivity index (χ1v) is 12.9. The van der Waals surface area contributed by atoms with Gasteiger partial charge in [-0.2, -0.15) is 13.2 Å². The molecule has 9 nitrogen and oxygen atoms in total. The second-order valence-electron chi connectivity index (χ2n) is 9.92. The van der Waals surface area contributed by atoms with Crippen molar-refractivity contribution in [2.75, 3.05) is 25.1 Å². The predicted molar refractivity (Wildman–Crippen MR) is 140 cm³/mol. The van der Waals surface area contributed by atoms with Gasteiger partial charge in [-0.3, -0.25) is 15.0 Å². The first kappa shape index (κ1) is 26.1. The molecule has 0 amide bonds. The molecule has 1 fully saturated rings. The third-order valence-electron chi connectivity index (χ3n) is 7.36. The molecule has 0 saturated carbocycles. The lowest BCUT2D eigenvalue weighted by Crippen LogP contribution is -2.28. The van der Waals surface area contributed by atoms with Gasteiger partial charge < -0.3 is 14.6 Å². The van der Waals surface area contributed by atoms with E-state index in [4.69, 9.17) is 9.72 Å². The van der Waals surface area contributed by atoms with Crippen molar-refractivity contribution in [1.82, 2.24) is 34.5 Å². The number of anilines is 1. The highest BCUT2D eigenvalue weighted by Crippen LogP contribution is 2.42. The highest BCUT2D eigenvalue weighted by molar-refractivity contribution is 6.12. The number of aryl methyl sites for hydroxylation is 2. The number of alkyl halides is 3. The SMILES string of the molecule is Cc1nnn(C)c1-c1cnc2c3c(NCC(F)(F)F)cncc3n(C(c3ncccc3F)C3CCOCC3)c2c1. The maximum atomic E-state index is 15.4. The predicted octanol–water partition coefficient (Wildman–Crippen LogP) is 5.21. The number of nitrogens with one attached hydrogen (secondary N) is 1. The van der Waals surface area contributed by atoms with Crippen molar-refractivity contribution in [3.63, 3.8) is 0 Å². The molecule has 1 unspecified atom stereocenters. The Kier molecular flexibility index (Phi) is 6.61. The van der Waals surface area contributed by atoms with E-state index >= 15 is 4.39 Å². The summed E-state index contributed by atoms with van der Waals surface area (Å²) in [6.07, 6.45) is 3.00. The lowest BCUT2D eigenvalue weighted by atomic mass is 9.88. The molecule has 0 spiro atoms. The standard InChI is InChI=1S/C27H26F4N8O/c1-15-25(38(2)37-36-15)17-10-20-24(34-11-17)22-19(35-14-27(29,30)31)12-32-13-21(22)39(20)26(16-5-8-40-9-6-16)23-18(28)4-3-7-33-23/h3-4,7,10-13,16,26,35H,5-6,8-9,14H2,1-2H3. The van der Waals surface area contributed by atoms with Crippen molar-refractivity contribution >= 4 is 27.6 Å². The summed E-state index contributed by atoms with van der Waals surface area (Å²) >= 11 is 0. The van der Waals surface area contributed by atoms with Crippen LogP contribution < -0.4 is 5.32 Å². The highest BCUT2D eigenvalue weighted by Gasteiger charge is 2.34. The fourth-order valence-electron chi connectivity index (χ4n) is 5.66. The van der Waals surface area contributed by atoms with E-state index in [9.17, 15) is 13.2 Å². The largest absolute Gasteiger partial charge is 0.405 e. The van der Waals surface area contributed by atoms with Gasteiger partial charge in [-0.25, -0.2) is 9.07 Å².